The molecule has 0 aliphatic carbocycles. The number of aromatic hydroxyl groups is 1. The number of nitrogens with two attached hydrogens (primary N) is 3. The molecule has 0 spiro atoms. The molecule has 0 heterocycles. The number of guanidine groups is 1. The summed E-state index contributed by atoms with van der Waals surface area (Å²) in [5.74, 6) is -3.39. The van der Waals surface area contributed by atoms with E-state index in [9.17, 15) is 29.4 Å². The van der Waals surface area contributed by atoms with Crippen molar-refractivity contribution in [1.29, 1.82) is 0 Å². The molecule has 11 N–H and O–H groups in total. The molecular formula is C22H35N7O6. The zero-order valence-electron chi connectivity index (χ0n) is 19.9. The third-order valence-electron chi connectivity index (χ3n) is 5.03. The minimum absolute atomic E-state index is 0.0450. The number of nitrogens with zero attached hydrogens (tertiary/aromatic N) is 1. The van der Waals surface area contributed by atoms with Crippen LogP contribution < -0.4 is 33.2 Å². The number of carbonyl (C=O) groups excluding carboxylic acids is 3. The van der Waals surface area contributed by atoms with Gasteiger partial charge in [-0.15, -0.1) is 0 Å². The lowest BCUT2D eigenvalue weighted by atomic mass is 10.0. The molecule has 0 aliphatic rings. The highest BCUT2D eigenvalue weighted by atomic mass is 16.4. The second kappa shape index (κ2) is 14.4. The van der Waals surface area contributed by atoms with Crippen LogP contribution in [0.5, 0.6) is 5.75 Å². The first-order valence-corrected chi connectivity index (χ1v) is 11.1. The van der Waals surface area contributed by atoms with E-state index in [0.29, 0.717) is 12.0 Å². The summed E-state index contributed by atoms with van der Waals surface area (Å²) in [5, 5.41) is 26.1. The molecule has 3 atom stereocenters. The van der Waals surface area contributed by atoms with E-state index >= 15 is 0 Å². The molecule has 1 aromatic rings. The van der Waals surface area contributed by atoms with Gasteiger partial charge in [-0.1, -0.05) is 26.0 Å². The Hall–Kier alpha value is -3.87. The molecule has 0 bridgehead atoms. The van der Waals surface area contributed by atoms with E-state index in [0.717, 1.165) is 0 Å². The van der Waals surface area contributed by atoms with Crippen LogP contribution in [0, 0.1) is 5.92 Å². The highest BCUT2D eigenvalue weighted by Crippen LogP contribution is 2.12. The van der Waals surface area contributed by atoms with Crippen LogP contribution in [0.25, 0.3) is 0 Å². The Morgan fingerprint density at radius 1 is 1.00 bits per heavy atom. The molecule has 0 aromatic heterocycles. The highest BCUT2D eigenvalue weighted by molar-refractivity contribution is 5.92. The van der Waals surface area contributed by atoms with Crippen molar-refractivity contribution in [3.05, 3.63) is 29.8 Å². The fraction of sp³-hybridized carbons (Fsp3) is 0.500. The van der Waals surface area contributed by atoms with Crippen molar-refractivity contribution >= 4 is 29.7 Å². The maximum absolute atomic E-state index is 12.8. The largest absolute Gasteiger partial charge is 0.508 e. The molecule has 0 saturated carbocycles. The normalized spacial score (nSPS) is 13.3. The average molecular weight is 494 g/mol. The number of carboxylic acid groups (broad SMARTS) is 1. The third-order valence-corrected chi connectivity index (χ3v) is 5.03. The lowest BCUT2D eigenvalue weighted by Gasteiger charge is -2.22. The predicted octanol–water partition coefficient (Wildman–Crippen LogP) is -1.86. The third kappa shape index (κ3) is 11.2. The number of hydrogen-bond acceptors (Lipinski definition) is 7. The first-order valence-electron chi connectivity index (χ1n) is 11.1. The molecule has 1 aromatic carbocycles. The van der Waals surface area contributed by atoms with Gasteiger partial charge in [0.1, 0.15) is 17.8 Å². The lowest BCUT2D eigenvalue weighted by Crippen LogP contribution is -2.55. The zero-order valence-corrected chi connectivity index (χ0v) is 19.9. The maximum Gasteiger partial charge on any atom is 0.326 e. The first-order chi connectivity index (χ1) is 16.4. The number of benzene rings is 1. The SMILES string of the molecule is CC(C)C(N)C(=O)NC(Cc1ccc(O)cc1)C(=O)NCC(=O)NC(CCCN=C(N)N)C(=O)O. The quantitative estimate of drug-likeness (QED) is 0.0823. The van der Waals surface area contributed by atoms with Crippen LogP contribution in [0.4, 0.5) is 0 Å². The summed E-state index contributed by atoms with van der Waals surface area (Å²) in [6.45, 7) is 3.23. The number of carboxylic acids is 1. The van der Waals surface area contributed by atoms with E-state index in [2.05, 4.69) is 20.9 Å². The van der Waals surface area contributed by atoms with Gasteiger partial charge in [0.2, 0.25) is 17.7 Å². The molecule has 194 valence electrons. The number of aliphatic carboxylic acids is 1. The van der Waals surface area contributed by atoms with E-state index < -0.39 is 48.4 Å². The van der Waals surface area contributed by atoms with Gasteiger partial charge in [-0.3, -0.25) is 19.4 Å². The number of aliphatic imine (C=N–C) groups is 1. The van der Waals surface area contributed by atoms with Crippen LogP contribution in [0.3, 0.4) is 0 Å². The molecular weight excluding hydrogens is 458 g/mol. The summed E-state index contributed by atoms with van der Waals surface area (Å²) in [6.07, 6.45) is 0.476. The summed E-state index contributed by atoms with van der Waals surface area (Å²) in [5.41, 5.74) is 17.0. The standard InChI is InChI=1S/C22H35N7O6/c1-12(2)18(23)20(33)29-16(10-13-5-7-14(30)8-6-13)19(32)27-11-17(31)28-15(21(34)35)4-3-9-26-22(24)25/h5-8,12,15-16,18,30H,3-4,9-11,23H2,1-2H3,(H,27,32)(H,28,31)(H,29,33)(H,34,35)(H4,24,25,26). The summed E-state index contributed by atoms with van der Waals surface area (Å²) in [7, 11) is 0. The number of rotatable bonds is 14. The lowest BCUT2D eigenvalue weighted by molar-refractivity contribution is -0.142. The molecule has 13 heteroatoms. The van der Waals surface area contributed by atoms with Crippen LogP contribution in [-0.2, 0) is 25.6 Å². The Bertz CT molecular complexity index is 900. The zero-order chi connectivity index (χ0) is 26.5. The van der Waals surface area contributed by atoms with E-state index in [1.165, 1.54) is 12.1 Å². The number of carbonyl (C=O) groups is 4. The highest BCUT2D eigenvalue weighted by Gasteiger charge is 2.26. The van der Waals surface area contributed by atoms with Gasteiger partial charge in [0.15, 0.2) is 5.96 Å². The van der Waals surface area contributed by atoms with Gasteiger partial charge < -0.3 is 43.4 Å². The number of amides is 3. The van der Waals surface area contributed by atoms with Crippen molar-refractivity contribution < 1.29 is 29.4 Å². The topological polar surface area (TPSA) is 235 Å². The smallest absolute Gasteiger partial charge is 0.326 e. The first kappa shape index (κ1) is 29.2. The Morgan fingerprint density at radius 2 is 1.63 bits per heavy atom. The Morgan fingerprint density at radius 3 is 2.17 bits per heavy atom. The molecule has 3 unspecified atom stereocenters. The van der Waals surface area contributed by atoms with E-state index in [1.807, 2.05) is 0 Å². The van der Waals surface area contributed by atoms with Crippen LogP contribution in [0.15, 0.2) is 29.3 Å². The van der Waals surface area contributed by atoms with Crippen LogP contribution >= 0.6 is 0 Å². The molecule has 13 nitrogen and oxygen atoms in total. The molecule has 0 radical (unpaired) electrons. The Balaban J connectivity index is 2.77. The molecule has 3 amide bonds. The number of hydrogen-bond donors (Lipinski definition) is 8. The van der Waals surface area contributed by atoms with Crippen molar-refractivity contribution in [1.82, 2.24) is 16.0 Å². The summed E-state index contributed by atoms with van der Waals surface area (Å²) < 4.78 is 0. The summed E-state index contributed by atoms with van der Waals surface area (Å²) >= 11 is 0. The Labute approximate surface area is 203 Å². The van der Waals surface area contributed by atoms with Crippen molar-refractivity contribution in [2.45, 2.75) is 51.2 Å². The minimum Gasteiger partial charge on any atom is -0.508 e. The van der Waals surface area contributed by atoms with Crippen molar-refractivity contribution in [2.24, 2.45) is 28.1 Å². The number of nitrogens with one attached hydrogen (secondary N) is 3. The van der Waals surface area contributed by atoms with E-state index in [1.54, 1.807) is 26.0 Å². The van der Waals surface area contributed by atoms with E-state index in [4.69, 9.17) is 17.2 Å². The number of phenolic OH excluding ortho intramolecular Hbond substituents is 1. The maximum atomic E-state index is 12.8. The monoisotopic (exact) mass is 493 g/mol. The fourth-order valence-electron chi connectivity index (χ4n) is 2.94. The molecule has 0 aliphatic heterocycles. The van der Waals surface area contributed by atoms with Crippen LogP contribution in [-0.4, -0.2) is 71.1 Å². The summed E-state index contributed by atoms with van der Waals surface area (Å²) in [4.78, 5) is 52.6. The van der Waals surface area contributed by atoms with Gasteiger partial charge in [0.05, 0.1) is 12.6 Å². The Kier molecular flexibility index (Phi) is 12.0. The number of phenols is 1. The van der Waals surface area contributed by atoms with Gasteiger partial charge in [-0.05, 0) is 36.5 Å². The molecule has 1 rings (SSSR count). The molecule has 35 heavy (non-hydrogen) atoms. The second-order valence-electron chi connectivity index (χ2n) is 8.33. The van der Waals surface area contributed by atoms with E-state index in [-0.39, 0.29) is 37.0 Å². The van der Waals surface area contributed by atoms with Crippen molar-refractivity contribution in [3.8, 4) is 5.75 Å². The molecule has 0 fully saturated rings. The fourth-order valence-corrected chi connectivity index (χ4v) is 2.94. The summed E-state index contributed by atoms with van der Waals surface area (Å²) in [6, 6.07) is 2.98. The second-order valence-corrected chi connectivity index (χ2v) is 8.33. The van der Waals surface area contributed by atoms with Crippen LogP contribution in [0.1, 0.15) is 32.3 Å². The minimum atomic E-state index is -1.24. The van der Waals surface area contributed by atoms with Gasteiger partial charge >= 0.3 is 5.97 Å². The van der Waals surface area contributed by atoms with Crippen molar-refractivity contribution in [2.75, 3.05) is 13.1 Å². The van der Waals surface area contributed by atoms with Gasteiger partial charge in [-0.2, -0.15) is 0 Å². The van der Waals surface area contributed by atoms with Gasteiger partial charge in [0, 0.05) is 13.0 Å². The molecule has 0 saturated heterocycles. The van der Waals surface area contributed by atoms with Crippen LogP contribution in [0.2, 0.25) is 0 Å². The van der Waals surface area contributed by atoms with Gasteiger partial charge in [-0.25, -0.2) is 4.79 Å². The average Bonchev–Trinajstić information content (AvgIpc) is 2.79. The van der Waals surface area contributed by atoms with Crippen molar-refractivity contribution in [3.63, 3.8) is 0 Å². The van der Waals surface area contributed by atoms with Gasteiger partial charge in [0.25, 0.3) is 0 Å². The predicted molar refractivity (Wildman–Crippen MR) is 129 cm³/mol.